The van der Waals surface area contributed by atoms with Gasteiger partial charge in [-0.15, -0.1) is 0 Å². The first kappa shape index (κ1) is 11.7. The Balaban J connectivity index is 4.47. The van der Waals surface area contributed by atoms with Crippen LogP contribution in [-0.2, 0) is 10.0 Å². The number of hydrogen-bond donors (Lipinski definition) is 2. The van der Waals surface area contributed by atoms with Crippen LogP contribution in [0.5, 0.6) is 0 Å². The van der Waals surface area contributed by atoms with Crippen LogP contribution >= 0.6 is 0 Å². The summed E-state index contributed by atoms with van der Waals surface area (Å²) < 4.78 is 46.2. The average Bonchev–Trinajstić information content (AvgIpc) is 1.85. The van der Waals surface area contributed by atoms with Crippen molar-refractivity contribution >= 4 is 10.0 Å². The van der Waals surface area contributed by atoms with Gasteiger partial charge in [0, 0.05) is 0 Å². The summed E-state index contributed by atoms with van der Waals surface area (Å²) in [6.07, 6.45) is 0. The molecule has 0 radical (unpaired) electrons. The second-order valence-corrected chi connectivity index (χ2v) is 4.60. The van der Waals surface area contributed by atoms with E-state index in [4.69, 9.17) is 5.11 Å². The number of rotatable bonds is 4. The first-order valence-corrected chi connectivity index (χ1v) is 4.68. The van der Waals surface area contributed by atoms with Gasteiger partial charge in [-0.25, -0.2) is 13.1 Å². The summed E-state index contributed by atoms with van der Waals surface area (Å²) in [6.45, 7) is 2.05. The molecular weight excluding hydrogens is 192 g/mol. The smallest absolute Gasteiger partial charge is 0.350 e. The zero-order valence-electron chi connectivity index (χ0n) is 6.71. The molecule has 0 amide bonds. The van der Waals surface area contributed by atoms with Crippen molar-refractivity contribution < 1.29 is 22.3 Å². The Hall–Kier alpha value is -0.270. The SMILES string of the molecule is CC(C)(CO)NS(=O)(=O)C(F)F. The summed E-state index contributed by atoms with van der Waals surface area (Å²) in [5.41, 5.74) is -1.25. The van der Waals surface area contributed by atoms with Gasteiger partial charge >= 0.3 is 5.76 Å². The maximum absolute atomic E-state index is 11.7. The number of aliphatic hydroxyl groups excluding tert-OH is 1. The number of aliphatic hydroxyl groups is 1. The van der Waals surface area contributed by atoms with Gasteiger partial charge in [-0.3, -0.25) is 0 Å². The van der Waals surface area contributed by atoms with Crippen molar-refractivity contribution in [3.8, 4) is 0 Å². The van der Waals surface area contributed by atoms with Crippen LogP contribution in [0.1, 0.15) is 13.8 Å². The van der Waals surface area contributed by atoms with Crippen molar-refractivity contribution in [2.24, 2.45) is 0 Å². The van der Waals surface area contributed by atoms with Crippen molar-refractivity contribution in [1.29, 1.82) is 0 Å². The lowest BCUT2D eigenvalue weighted by molar-refractivity contribution is 0.196. The Morgan fingerprint density at radius 2 is 1.92 bits per heavy atom. The van der Waals surface area contributed by atoms with E-state index < -0.39 is 27.9 Å². The lowest BCUT2D eigenvalue weighted by Crippen LogP contribution is -2.48. The summed E-state index contributed by atoms with van der Waals surface area (Å²) in [5.74, 6) is -3.47. The zero-order valence-corrected chi connectivity index (χ0v) is 7.53. The highest BCUT2D eigenvalue weighted by Crippen LogP contribution is 2.08. The summed E-state index contributed by atoms with van der Waals surface area (Å²) >= 11 is 0. The van der Waals surface area contributed by atoms with Crippen molar-refractivity contribution in [1.82, 2.24) is 4.72 Å². The van der Waals surface area contributed by atoms with Gasteiger partial charge in [0.1, 0.15) is 0 Å². The van der Waals surface area contributed by atoms with E-state index in [0.717, 1.165) is 0 Å². The highest BCUT2D eigenvalue weighted by Gasteiger charge is 2.30. The van der Waals surface area contributed by atoms with Crippen molar-refractivity contribution in [2.45, 2.75) is 25.1 Å². The normalized spacial score (nSPS) is 13.8. The molecule has 0 aliphatic rings. The third-order valence-electron chi connectivity index (χ3n) is 1.05. The Labute approximate surface area is 69.6 Å². The second kappa shape index (κ2) is 3.63. The highest BCUT2D eigenvalue weighted by molar-refractivity contribution is 7.89. The molecule has 0 aromatic rings. The van der Waals surface area contributed by atoms with Crippen molar-refractivity contribution in [2.75, 3.05) is 6.61 Å². The molecule has 74 valence electrons. The lowest BCUT2D eigenvalue weighted by atomic mass is 10.1. The largest absolute Gasteiger partial charge is 0.394 e. The molecule has 0 bridgehead atoms. The third-order valence-corrected chi connectivity index (χ3v) is 2.35. The molecule has 0 aromatic carbocycles. The van der Waals surface area contributed by atoms with Gasteiger partial charge in [0.2, 0.25) is 0 Å². The van der Waals surface area contributed by atoms with Crippen molar-refractivity contribution in [3.63, 3.8) is 0 Å². The topological polar surface area (TPSA) is 66.4 Å². The average molecular weight is 203 g/mol. The molecule has 12 heavy (non-hydrogen) atoms. The van der Waals surface area contributed by atoms with E-state index in [-0.39, 0.29) is 0 Å². The van der Waals surface area contributed by atoms with E-state index in [1.807, 2.05) is 0 Å². The summed E-state index contributed by atoms with van der Waals surface area (Å²) in [4.78, 5) is 0. The minimum absolute atomic E-state index is 0.543. The number of sulfonamides is 1. The lowest BCUT2D eigenvalue weighted by Gasteiger charge is -2.22. The molecule has 0 saturated heterocycles. The molecule has 0 spiro atoms. The summed E-state index contributed by atoms with van der Waals surface area (Å²) in [6, 6.07) is 0. The fourth-order valence-electron chi connectivity index (χ4n) is 0.462. The van der Waals surface area contributed by atoms with Gasteiger partial charge in [-0.05, 0) is 13.8 Å². The molecule has 0 aliphatic carbocycles. The van der Waals surface area contributed by atoms with Gasteiger partial charge < -0.3 is 5.11 Å². The van der Waals surface area contributed by atoms with E-state index in [2.05, 4.69) is 0 Å². The predicted molar refractivity (Wildman–Crippen MR) is 39.2 cm³/mol. The van der Waals surface area contributed by atoms with Gasteiger partial charge in [-0.2, -0.15) is 8.78 Å². The molecule has 0 atom stereocenters. The van der Waals surface area contributed by atoms with Crippen LogP contribution in [0, 0.1) is 0 Å². The number of nitrogens with one attached hydrogen (secondary N) is 1. The van der Waals surface area contributed by atoms with Crippen LogP contribution in [-0.4, -0.2) is 31.4 Å². The van der Waals surface area contributed by atoms with Crippen LogP contribution < -0.4 is 4.72 Å². The molecular formula is C5H11F2NO3S. The second-order valence-electron chi connectivity index (χ2n) is 2.95. The van der Waals surface area contributed by atoms with Gasteiger partial charge in [0.25, 0.3) is 10.0 Å². The fraction of sp³-hybridized carbons (Fsp3) is 1.00. The molecule has 0 saturated carbocycles. The van der Waals surface area contributed by atoms with E-state index in [0.29, 0.717) is 0 Å². The van der Waals surface area contributed by atoms with Gasteiger partial charge in [0.15, 0.2) is 0 Å². The predicted octanol–water partition coefficient (Wildman–Crippen LogP) is -0.101. The molecule has 0 aromatic heterocycles. The van der Waals surface area contributed by atoms with Gasteiger partial charge in [-0.1, -0.05) is 0 Å². The first-order valence-electron chi connectivity index (χ1n) is 3.13. The fourth-order valence-corrected chi connectivity index (χ4v) is 1.39. The zero-order chi connectivity index (χ0) is 9.99. The maximum atomic E-state index is 11.7. The van der Waals surface area contributed by atoms with E-state index in [1.54, 1.807) is 4.72 Å². The highest BCUT2D eigenvalue weighted by atomic mass is 32.2. The Morgan fingerprint density at radius 1 is 1.50 bits per heavy atom. The van der Waals surface area contributed by atoms with Crippen LogP contribution in [0.4, 0.5) is 8.78 Å². The summed E-state index contributed by atoms with van der Waals surface area (Å²) in [5, 5.41) is 8.57. The molecule has 0 heterocycles. The first-order chi connectivity index (χ1) is 5.21. The number of hydrogen-bond acceptors (Lipinski definition) is 3. The molecule has 0 unspecified atom stereocenters. The summed E-state index contributed by atoms with van der Waals surface area (Å²) in [7, 11) is -4.61. The molecule has 2 N–H and O–H groups in total. The van der Waals surface area contributed by atoms with Crippen LogP contribution in [0.25, 0.3) is 0 Å². The number of halogens is 2. The Bertz CT molecular complexity index is 237. The van der Waals surface area contributed by atoms with E-state index in [9.17, 15) is 17.2 Å². The Kier molecular flexibility index (Phi) is 3.55. The van der Waals surface area contributed by atoms with Crippen LogP contribution in [0.15, 0.2) is 0 Å². The van der Waals surface area contributed by atoms with Crippen LogP contribution in [0.3, 0.4) is 0 Å². The Morgan fingerprint density at radius 3 is 2.17 bits per heavy atom. The molecule has 0 rings (SSSR count). The maximum Gasteiger partial charge on any atom is 0.350 e. The number of alkyl halides is 2. The molecule has 4 nitrogen and oxygen atoms in total. The standard InChI is InChI=1S/C5H11F2NO3S/c1-5(2,3-9)8-12(10,11)4(6)7/h4,8-9H,3H2,1-2H3. The molecule has 0 aliphatic heterocycles. The van der Waals surface area contributed by atoms with E-state index >= 15 is 0 Å². The monoisotopic (exact) mass is 203 g/mol. The molecule has 7 heteroatoms. The van der Waals surface area contributed by atoms with E-state index in [1.165, 1.54) is 13.8 Å². The van der Waals surface area contributed by atoms with Crippen molar-refractivity contribution in [3.05, 3.63) is 0 Å². The minimum atomic E-state index is -4.61. The van der Waals surface area contributed by atoms with Crippen LogP contribution in [0.2, 0.25) is 0 Å². The van der Waals surface area contributed by atoms with Gasteiger partial charge in [0.05, 0.1) is 12.1 Å². The minimum Gasteiger partial charge on any atom is -0.394 e. The third kappa shape index (κ3) is 3.42. The quantitative estimate of drug-likeness (QED) is 0.670. The molecule has 0 fully saturated rings.